The van der Waals surface area contributed by atoms with E-state index in [2.05, 4.69) is 27.6 Å². The van der Waals surface area contributed by atoms with Crippen molar-refractivity contribution in [1.82, 2.24) is 4.98 Å². The minimum atomic E-state index is -1.29. The molecule has 2 aliphatic carbocycles. The Balaban J connectivity index is 0. The first-order valence-corrected chi connectivity index (χ1v) is 11.9. The lowest BCUT2D eigenvalue weighted by Gasteiger charge is -1.91. The number of hydrogen-bond donors (Lipinski definition) is 2. The van der Waals surface area contributed by atoms with Crippen LogP contribution in [0.15, 0.2) is 30.6 Å². The summed E-state index contributed by atoms with van der Waals surface area (Å²) in [5.41, 5.74) is 5.22. The number of hydrogen-bond acceptors (Lipinski definition) is 7. The van der Waals surface area contributed by atoms with Crippen molar-refractivity contribution in [3.8, 4) is 0 Å². The van der Waals surface area contributed by atoms with E-state index in [1.807, 2.05) is 18.2 Å². The topological polar surface area (TPSA) is 137 Å². The quantitative estimate of drug-likeness (QED) is 0.292. The number of aromatic nitrogens is 1. The first-order valence-electron chi connectivity index (χ1n) is 8.84. The second-order valence-corrected chi connectivity index (χ2v) is 6.08. The molecule has 3 N–H and O–H groups in total. The Morgan fingerprint density at radius 3 is 1.76 bits per heavy atom. The highest BCUT2D eigenvalue weighted by Crippen LogP contribution is 2.32. The van der Waals surface area contributed by atoms with Gasteiger partial charge in [-0.1, -0.05) is 6.07 Å². The molecule has 11 heteroatoms. The van der Waals surface area contributed by atoms with E-state index < -0.39 is 23.0 Å². The Hall–Kier alpha value is -1.46. The number of ether oxygens (including phenoxy) is 1. The predicted molar refractivity (Wildman–Crippen MR) is 118 cm³/mol. The Morgan fingerprint density at radius 1 is 1.10 bits per heavy atom. The lowest BCUT2D eigenvalue weighted by Crippen LogP contribution is -2.12. The van der Waals surface area contributed by atoms with Gasteiger partial charge in [-0.2, -0.15) is 0 Å². The lowest BCUT2D eigenvalue weighted by molar-refractivity contribution is -0.149. The van der Waals surface area contributed by atoms with Crippen molar-refractivity contribution < 1.29 is 29.0 Å². The molecular formula is C18H29ClN2O6P2. The molecule has 0 radical (unpaired) electrons. The maximum absolute atomic E-state index is 10.4. The van der Waals surface area contributed by atoms with Crippen LogP contribution >= 0.6 is 29.5 Å². The summed E-state index contributed by atoms with van der Waals surface area (Å²) in [5, 5.41) is 7.03. The molecule has 2 atom stereocenters. The summed E-state index contributed by atoms with van der Waals surface area (Å²) in [5.74, 6) is -2.54. The van der Waals surface area contributed by atoms with Gasteiger partial charge in [-0.15, -0.1) is 17.9 Å². The zero-order chi connectivity index (χ0) is 22.7. The van der Waals surface area contributed by atoms with Crippen LogP contribution in [0.1, 0.15) is 39.0 Å². The number of ketones is 1. The second-order valence-electron chi connectivity index (χ2n) is 5.73. The molecule has 2 aliphatic rings. The fourth-order valence-corrected chi connectivity index (χ4v) is 1.32. The van der Waals surface area contributed by atoms with E-state index in [0.29, 0.717) is 12.0 Å². The van der Waals surface area contributed by atoms with Gasteiger partial charge in [0, 0.05) is 24.9 Å². The minimum Gasteiger partial charge on any atom is -0.476 e. The van der Waals surface area contributed by atoms with E-state index in [9.17, 15) is 19.2 Å². The van der Waals surface area contributed by atoms with Gasteiger partial charge in [0.25, 0.3) is 0 Å². The Morgan fingerprint density at radius 2 is 1.59 bits per heavy atom. The van der Waals surface area contributed by atoms with Crippen LogP contribution in [0.3, 0.4) is 0 Å². The van der Waals surface area contributed by atoms with Crippen molar-refractivity contribution in [2.75, 3.05) is 6.61 Å². The normalized spacial score (nSPS) is 13.1. The van der Waals surface area contributed by atoms with E-state index >= 15 is 0 Å². The number of nitrogens with zero attached hydrogens (tertiary/aromatic N) is 1. The van der Waals surface area contributed by atoms with E-state index in [1.165, 1.54) is 12.8 Å². The maximum atomic E-state index is 10.4. The summed E-state index contributed by atoms with van der Waals surface area (Å²) >= 11 is 4.69. The molecule has 1 aromatic rings. The van der Waals surface area contributed by atoms with Crippen molar-refractivity contribution in [2.45, 2.75) is 45.1 Å². The Bertz CT molecular complexity index is 573. The number of rotatable bonds is 5. The minimum absolute atomic E-state index is 0.178. The SMILES string of the molecule is CCOC(=O)C(=O)Cl.NC1CC1.O=C(O)C(=O)CC1CC1.PP.c1ccncc1. The molecule has 0 aliphatic heterocycles. The molecule has 1 heterocycles. The number of nitrogens with two attached hydrogens (primary N) is 1. The third kappa shape index (κ3) is 24.5. The molecule has 0 spiro atoms. The molecule has 0 amide bonds. The molecule has 1 aromatic heterocycles. The highest BCUT2D eigenvalue weighted by atomic mass is 35.5. The van der Waals surface area contributed by atoms with Crippen molar-refractivity contribution >= 4 is 52.4 Å². The number of carboxylic acids is 1. The average molecular weight is 467 g/mol. The first-order chi connectivity index (χ1) is 13.8. The van der Waals surface area contributed by atoms with E-state index in [-0.39, 0.29) is 13.0 Å². The van der Waals surface area contributed by atoms with Gasteiger partial charge in [0.2, 0.25) is 5.78 Å². The number of Topliss-reactive ketones (excluding diaryl/α,β-unsaturated/α-hetero) is 1. The predicted octanol–water partition coefficient (Wildman–Crippen LogP) is 2.60. The van der Waals surface area contributed by atoms with E-state index in [1.54, 1.807) is 19.3 Å². The van der Waals surface area contributed by atoms with Crippen LogP contribution in [0.25, 0.3) is 0 Å². The maximum Gasteiger partial charge on any atom is 0.391 e. The van der Waals surface area contributed by atoms with Gasteiger partial charge >= 0.3 is 17.2 Å². The lowest BCUT2D eigenvalue weighted by atomic mass is 10.2. The van der Waals surface area contributed by atoms with Gasteiger partial charge in [0.15, 0.2) is 0 Å². The zero-order valence-electron chi connectivity index (χ0n) is 16.3. The summed E-state index contributed by atoms with van der Waals surface area (Å²) in [6, 6.07) is 6.30. The number of halogens is 1. The van der Waals surface area contributed by atoms with Crippen molar-refractivity contribution in [1.29, 1.82) is 0 Å². The van der Waals surface area contributed by atoms with Crippen molar-refractivity contribution in [2.24, 2.45) is 11.7 Å². The summed E-state index contributed by atoms with van der Waals surface area (Å²) in [6.45, 7) is 1.77. The van der Waals surface area contributed by atoms with Gasteiger partial charge in [-0.05, 0) is 62.3 Å². The molecule has 0 saturated heterocycles. The summed E-state index contributed by atoms with van der Waals surface area (Å²) in [6.07, 6.45) is 8.33. The molecule has 0 aromatic carbocycles. The highest BCUT2D eigenvalue weighted by molar-refractivity contribution is 7.92. The molecule has 8 nitrogen and oxygen atoms in total. The third-order valence-electron chi connectivity index (χ3n) is 3.03. The van der Waals surface area contributed by atoms with Crippen LogP contribution < -0.4 is 5.73 Å². The molecule has 2 fully saturated rings. The van der Waals surface area contributed by atoms with Gasteiger partial charge in [0.05, 0.1) is 6.61 Å². The highest BCUT2D eigenvalue weighted by Gasteiger charge is 2.26. The molecule has 164 valence electrons. The van der Waals surface area contributed by atoms with Crippen LogP contribution in [-0.4, -0.2) is 45.7 Å². The number of carbonyl (C=O) groups excluding carboxylic acids is 3. The van der Waals surface area contributed by atoms with Gasteiger partial charge in [-0.25, -0.2) is 9.59 Å². The zero-order valence-corrected chi connectivity index (χ0v) is 19.4. The molecule has 3 rings (SSSR count). The number of aliphatic carboxylic acids is 1. The standard InChI is InChI=1S/C6H8O3.C5H5N.C4H5ClO3.C3H7N.H4P2/c7-5(6(8)9)3-4-1-2-4;1-2-4-6-5-3-1;1-2-8-4(7)3(5)6;4-3-1-2-3;1-2/h4H,1-3H2,(H,8,9);1-5H;2H2,1H3;3H,1-2,4H2;1-2H2. The third-order valence-corrected chi connectivity index (χ3v) is 3.19. The molecule has 2 saturated carbocycles. The summed E-state index contributed by atoms with van der Waals surface area (Å²) < 4.78 is 4.18. The monoisotopic (exact) mass is 466 g/mol. The largest absolute Gasteiger partial charge is 0.476 e. The summed E-state index contributed by atoms with van der Waals surface area (Å²) in [4.78, 5) is 44.0. The first kappa shape index (κ1) is 29.7. The molecular weight excluding hydrogens is 438 g/mol. The number of pyridine rings is 1. The van der Waals surface area contributed by atoms with E-state index in [4.69, 9.17) is 22.4 Å². The van der Waals surface area contributed by atoms with Crippen LogP contribution in [-0.2, 0) is 23.9 Å². The average Bonchev–Trinajstić information content (AvgIpc) is 3.65. The molecule has 29 heavy (non-hydrogen) atoms. The Labute approximate surface area is 180 Å². The van der Waals surface area contributed by atoms with E-state index in [0.717, 1.165) is 12.8 Å². The van der Waals surface area contributed by atoms with Gasteiger partial charge in [0.1, 0.15) is 0 Å². The number of carbonyl (C=O) groups is 4. The van der Waals surface area contributed by atoms with Crippen LogP contribution in [0.5, 0.6) is 0 Å². The van der Waals surface area contributed by atoms with Crippen LogP contribution in [0.4, 0.5) is 0 Å². The van der Waals surface area contributed by atoms with Crippen molar-refractivity contribution in [3.05, 3.63) is 30.6 Å². The van der Waals surface area contributed by atoms with Crippen LogP contribution in [0.2, 0.25) is 0 Å². The fourth-order valence-electron chi connectivity index (χ4n) is 1.27. The number of carboxylic acid groups (broad SMARTS) is 1. The fraction of sp³-hybridized carbons (Fsp3) is 0.500. The molecule has 2 unspecified atom stereocenters. The molecule has 0 bridgehead atoms. The van der Waals surface area contributed by atoms with Crippen molar-refractivity contribution in [3.63, 3.8) is 0 Å². The second kappa shape index (κ2) is 19.8. The smallest absolute Gasteiger partial charge is 0.391 e. The number of esters is 1. The van der Waals surface area contributed by atoms with Crippen LogP contribution in [0, 0.1) is 5.92 Å². The van der Waals surface area contributed by atoms with Gasteiger partial charge in [-0.3, -0.25) is 14.6 Å². The Kier molecular flexibility index (Phi) is 20.3. The summed E-state index contributed by atoms with van der Waals surface area (Å²) in [7, 11) is 4.67. The van der Waals surface area contributed by atoms with Gasteiger partial charge < -0.3 is 15.6 Å².